The lowest BCUT2D eigenvalue weighted by atomic mass is 10.6. The van der Waals surface area contributed by atoms with Crippen LogP contribution in [0, 0.1) is 0 Å². The monoisotopic (exact) mass is 132 g/mol. The number of allylic oxidation sites excluding steroid dienone is 1. The molecule has 46 valence electrons. The Morgan fingerprint density at radius 2 is 2.50 bits per heavy atom. The molecule has 0 spiro atoms. The number of hydrogen-bond donors (Lipinski definition) is 1. The van der Waals surface area contributed by atoms with Gasteiger partial charge in [0.15, 0.2) is 0 Å². The summed E-state index contributed by atoms with van der Waals surface area (Å²) in [4.78, 5) is 0.885. The zero-order valence-electron chi connectivity index (χ0n) is 4.68. The summed E-state index contributed by atoms with van der Waals surface area (Å²) in [6.45, 7) is 2.48. The first-order valence-corrected chi connectivity index (χ1v) is 3.44. The van der Waals surface area contributed by atoms with E-state index in [1.54, 1.807) is 11.8 Å². The van der Waals surface area contributed by atoms with Crippen molar-refractivity contribution in [2.45, 2.75) is 6.92 Å². The molecular formula is C5H8O2S. The number of thioether (sulfide) groups is 1. The van der Waals surface area contributed by atoms with Crippen molar-refractivity contribution in [1.82, 2.24) is 0 Å². The standard InChI is InChI=1S/C5H8O2S/c1-4-5(6)7-2-3-8-4/h6H,2-3H2,1H3. The van der Waals surface area contributed by atoms with Gasteiger partial charge in [0.2, 0.25) is 0 Å². The Morgan fingerprint density at radius 1 is 1.75 bits per heavy atom. The lowest BCUT2D eigenvalue weighted by Crippen LogP contribution is -2.04. The van der Waals surface area contributed by atoms with E-state index < -0.39 is 0 Å². The molecule has 0 aromatic rings. The van der Waals surface area contributed by atoms with E-state index in [9.17, 15) is 0 Å². The fourth-order valence-corrected chi connectivity index (χ4v) is 1.15. The van der Waals surface area contributed by atoms with E-state index in [0.29, 0.717) is 6.61 Å². The number of rotatable bonds is 0. The van der Waals surface area contributed by atoms with E-state index >= 15 is 0 Å². The molecule has 2 nitrogen and oxygen atoms in total. The molecule has 0 saturated heterocycles. The van der Waals surface area contributed by atoms with Crippen LogP contribution < -0.4 is 0 Å². The predicted molar refractivity (Wildman–Crippen MR) is 33.7 cm³/mol. The van der Waals surface area contributed by atoms with Crippen LogP contribution in [-0.4, -0.2) is 17.5 Å². The topological polar surface area (TPSA) is 29.5 Å². The van der Waals surface area contributed by atoms with E-state index in [2.05, 4.69) is 0 Å². The van der Waals surface area contributed by atoms with E-state index in [-0.39, 0.29) is 5.95 Å². The first-order valence-electron chi connectivity index (χ1n) is 2.46. The molecule has 0 radical (unpaired) electrons. The van der Waals surface area contributed by atoms with E-state index in [1.165, 1.54) is 0 Å². The molecule has 0 aliphatic carbocycles. The summed E-state index contributed by atoms with van der Waals surface area (Å²) < 4.78 is 4.80. The second kappa shape index (κ2) is 2.31. The van der Waals surface area contributed by atoms with Gasteiger partial charge in [0.1, 0.15) is 6.61 Å². The maximum Gasteiger partial charge on any atom is 0.286 e. The van der Waals surface area contributed by atoms with Crippen LogP contribution in [0.3, 0.4) is 0 Å². The first kappa shape index (κ1) is 5.82. The maximum absolute atomic E-state index is 8.81. The molecule has 0 aromatic carbocycles. The molecule has 3 heteroatoms. The predicted octanol–water partition coefficient (Wildman–Crippen LogP) is 1.50. The highest BCUT2D eigenvalue weighted by Gasteiger charge is 2.07. The largest absolute Gasteiger partial charge is 0.480 e. The number of ether oxygens (including phenoxy) is 1. The van der Waals surface area contributed by atoms with Gasteiger partial charge >= 0.3 is 0 Å². The quantitative estimate of drug-likeness (QED) is 0.541. The van der Waals surface area contributed by atoms with Gasteiger partial charge in [-0.25, -0.2) is 0 Å². The number of aliphatic hydroxyl groups is 1. The minimum absolute atomic E-state index is 0.0984. The van der Waals surface area contributed by atoms with Crippen LogP contribution >= 0.6 is 11.8 Å². The van der Waals surface area contributed by atoms with E-state index in [4.69, 9.17) is 9.84 Å². The molecule has 1 aliphatic rings. The minimum atomic E-state index is 0.0984. The van der Waals surface area contributed by atoms with Gasteiger partial charge in [-0.05, 0) is 6.92 Å². The van der Waals surface area contributed by atoms with Gasteiger partial charge in [-0.1, -0.05) is 0 Å². The normalized spacial score (nSPS) is 20.6. The number of hydrogen-bond acceptors (Lipinski definition) is 3. The van der Waals surface area contributed by atoms with Crippen LogP contribution in [0.5, 0.6) is 0 Å². The van der Waals surface area contributed by atoms with Crippen molar-refractivity contribution in [3.8, 4) is 0 Å². The smallest absolute Gasteiger partial charge is 0.286 e. The van der Waals surface area contributed by atoms with Gasteiger partial charge in [0.25, 0.3) is 5.95 Å². The summed E-state index contributed by atoms with van der Waals surface area (Å²) >= 11 is 1.63. The van der Waals surface area contributed by atoms with Crippen LogP contribution in [0.15, 0.2) is 10.9 Å². The third-order valence-corrected chi connectivity index (χ3v) is 1.92. The lowest BCUT2D eigenvalue weighted by molar-refractivity contribution is 0.0993. The van der Waals surface area contributed by atoms with Gasteiger partial charge in [-0.15, -0.1) is 11.8 Å². The average molecular weight is 132 g/mol. The van der Waals surface area contributed by atoms with Crippen LogP contribution in [-0.2, 0) is 4.74 Å². The molecule has 1 heterocycles. The highest BCUT2D eigenvalue weighted by molar-refractivity contribution is 8.03. The lowest BCUT2D eigenvalue weighted by Gasteiger charge is -2.12. The summed E-state index contributed by atoms with van der Waals surface area (Å²) in [6, 6.07) is 0. The summed E-state index contributed by atoms with van der Waals surface area (Å²) in [5.41, 5.74) is 0. The van der Waals surface area contributed by atoms with Crippen molar-refractivity contribution >= 4 is 11.8 Å². The molecule has 0 amide bonds. The Labute approximate surface area is 52.5 Å². The highest BCUT2D eigenvalue weighted by Crippen LogP contribution is 2.22. The maximum atomic E-state index is 8.81. The van der Waals surface area contributed by atoms with Crippen molar-refractivity contribution in [1.29, 1.82) is 0 Å². The SMILES string of the molecule is CC1=C(O)OCCS1. The van der Waals surface area contributed by atoms with Crippen LogP contribution in [0.2, 0.25) is 0 Å². The Hall–Kier alpha value is -0.310. The molecular weight excluding hydrogens is 124 g/mol. The van der Waals surface area contributed by atoms with Crippen LogP contribution in [0.4, 0.5) is 0 Å². The molecule has 0 bridgehead atoms. The van der Waals surface area contributed by atoms with Crippen molar-refractivity contribution in [2.75, 3.05) is 12.4 Å². The second-order valence-corrected chi connectivity index (χ2v) is 2.87. The first-order chi connectivity index (χ1) is 3.80. The molecule has 1 aliphatic heterocycles. The summed E-state index contributed by atoms with van der Waals surface area (Å²) in [6.07, 6.45) is 0. The molecule has 8 heavy (non-hydrogen) atoms. The Bertz CT molecular complexity index is 106. The average Bonchev–Trinajstić information content (AvgIpc) is 1.77. The third kappa shape index (κ3) is 1.10. The zero-order chi connectivity index (χ0) is 5.98. The van der Waals surface area contributed by atoms with Crippen LogP contribution in [0.1, 0.15) is 6.92 Å². The summed E-state index contributed by atoms with van der Waals surface area (Å²) in [7, 11) is 0. The molecule has 1 rings (SSSR count). The summed E-state index contributed by atoms with van der Waals surface area (Å²) in [5, 5.41) is 8.81. The molecule has 1 N–H and O–H groups in total. The number of aliphatic hydroxyl groups excluding tert-OH is 1. The Kier molecular flexibility index (Phi) is 1.68. The minimum Gasteiger partial charge on any atom is -0.480 e. The molecule has 0 atom stereocenters. The summed E-state index contributed by atoms with van der Waals surface area (Å²) in [5.74, 6) is 1.05. The molecule has 0 fully saturated rings. The van der Waals surface area contributed by atoms with Gasteiger partial charge in [0.05, 0.1) is 4.91 Å². The van der Waals surface area contributed by atoms with E-state index in [0.717, 1.165) is 10.7 Å². The fraction of sp³-hybridized carbons (Fsp3) is 0.600. The second-order valence-electron chi connectivity index (χ2n) is 1.56. The highest BCUT2D eigenvalue weighted by atomic mass is 32.2. The van der Waals surface area contributed by atoms with E-state index in [1.807, 2.05) is 6.92 Å². The van der Waals surface area contributed by atoms with Gasteiger partial charge in [-0.3, -0.25) is 0 Å². The molecule has 0 unspecified atom stereocenters. The van der Waals surface area contributed by atoms with Crippen molar-refractivity contribution in [3.05, 3.63) is 10.9 Å². The van der Waals surface area contributed by atoms with Crippen molar-refractivity contribution < 1.29 is 9.84 Å². The molecule has 0 aromatic heterocycles. The molecule has 0 saturated carbocycles. The Morgan fingerprint density at radius 3 is 2.88 bits per heavy atom. The fourth-order valence-electron chi connectivity index (χ4n) is 0.496. The van der Waals surface area contributed by atoms with Gasteiger partial charge in [0, 0.05) is 5.75 Å². The Balaban J connectivity index is 2.60. The van der Waals surface area contributed by atoms with Crippen molar-refractivity contribution in [2.24, 2.45) is 0 Å². The van der Waals surface area contributed by atoms with Gasteiger partial charge in [-0.2, -0.15) is 0 Å². The third-order valence-electron chi connectivity index (χ3n) is 0.942. The zero-order valence-corrected chi connectivity index (χ0v) is 5.49. The van der Waals surface area contributed by atoms with Crippen LogP contribution in [0.25, 0.3) is 0 Å². The van der Waals surface area contributed by atoms with Crippen molar-refractivity contribution in [3.63, 3.8) is 0 Å². The van der Waals surface area contributed by atoms with Gasteiger partial charge < -0.3 is 9.84 Å².